The lowest BCUT2D eigenvalue weighted by atomic mass is 10.0. The van der Waals surface area contributed by atoms with Crippen molar-refractivity contribution in [1.82, 2.24) is 9.78 Å². The zero-order chi connectivity index (χ0) is 12.5. The second kappa shape index (κ2) is 4.28. The van der Waals surface area contributed by atoms with Gasteiger partial charge in [-0.1, -0.05) is 30.3 Å². The number of rotatable bonds is 3. The Morgan fingerprint density at radius 3 is 2.78 bits per heavy atom. The van der Waals surface area contributed by atoms with Gasteiger partial charge >= 0.3 is 0 Å². The lowest BCUT2D eigenvalue weighted by molar-refractivity contribution is 0.372. The molecule has 4 heteroatoms. The monoisotopic (exact) mass is 239 g/mol. The number of epoxide rings is 1. The predicted octanol–water partition coefficient (Wildman–Crippen LogP) is 2.13. The lowest BCUT2D eigenvalue weighted by Crippen LogP contribution is -2.08. The van der Waals surface area contributed by atoms with E-state index in [1.165, 1.54) is 0 Å². The van der Waals surface area contributed by atoms with Crippen LogP contribution in [0.25, 0.3) is 11.1 Å². The maximum Gasteiger partial charge on any atom is 0.146 e. The molecule has 0 bridgehead atoms. The third kappa shape index (κ3) is 1.89. The third-order valence-electron chi connectivity index (χ3n) is 3.07. The predicted molar refractivity (Wildman–Crippen MR) is 66.9 cm³/mol. The van der Waals surface area contributed by atoms with Crippen molar-refractivity contribution in [2.24, 2.45) is 0 Å². The maximum absolute atomic E-state index is 9.36. The lowest BCUT2D eigenvalue weighted by Gasteiger charge is -2.01. The van der Waals surface area contributed by atoms with Gasteiger partial charge in [-0.15, -0.1) is 0 Å². The first-order valence-corrected chi connectivity index (χ1v) is 5.94. The van der Waals surface area contributed by atoms with Crippen LogP contribution in [0.15, 0.2) is 30.3 Å². The number of nitrogens with zero attached hydrogens (tertiary/aromatic N) is 3. The molecule has 0 spiro atoms. The van der Waals surface area contributed by atoms with Gasteiger partial charge in [-0.3, -0.25) is 4.68 Å². The molecule has 4 nitrogen and oxygen atoms in total. The van der Waals surface area contributed by atoms with E-state index in [0.717, 1.165) is 23.4 Å². The number of benzene rings is 1. The summed E-state index contributed by atoms with van der Waals surface area (Å²) in [6.07, 6.45) is 0.222. The molecule has 1 aliphatic rings. The summed E-state index contributed by atoms with van der Waals surface area (Å²) in [5, 5.41) is 13.8. The first-order valence-electron chi connectivity index (χ1n) is 5.94. The molecule has 1 fully saturated rings. The highest BCUT2D eigenvalue weighted by molar-refractivity contribution is 5.71. The molecule has 3 rings (SSSR count). The Morgan fingerprint density at radius 1 is 1.44 bits per heavy atom. The SMILES string of the molecule is Cc1nn(CC2CO2)c(C#N)c1-c1ccccc1. The van der Waals surface area contributed by atoms with Gasteiger partial charge in [-0.2, -0.15) is 10.4 Å². The Bertz CT molecular complexity index is 606. The fourth-order valence-corrected chi connectivity index (χ4v) is 2.14. The van der Waals surface area contributed by atoms with Gasteiger partial charge in [0, 0.05) is 5.56 Å². The van der Waals surface area contributed by atoms with E-state index in [-0.39, 0.29) is 6.10 Å². The molecule has 1 aromatic heterocycles. The van der Waals surface area contributed by atoms with E-state index < -0.39 is 0 Å². The van der Waals surface area contributed by atoms with E-state index >= 15 is 0 Å². The molecule has 1 unspecified atom stereocenters. The highest BCUT2D eigenvalue weighted by Gasteiger charge is 2.26. The van der Waals surface area contributed by atoms with Gasteiger partial charge in [0.1, 0.15) is 17.9 Å². The smallest absolute Gasteiger partial charge is 0.146 e. The maximum atomic E-state index is 9.36. The van der Waals surface area contributed by atoms with Crippen LogP contribution < -0.4 is 0 Å². The van der Waals surface area contributed by atoms with Gasteiger partial charge in [-0.05, 0) is 12.5 Å². The molecule has 1 atom stereocenters. The van der Waals surface area contributed by atoms with Crippen LogP contribution in [-0.4, -0.2) is 22.5 Å². The normalized spacial score (nSPS) is 17.4. The molecule has 0 radical (unpaired) electrons. The summed E-state index contributed by atoms with van der Waals surface area (Å²) in [5.41, 5.74) is 3.47. The average Bonchev–Trinajstić information content (AvgIpc) is 3.14. The third-order valence-corrected chi connectivity index (χ3v) is 3.07. The van der Waals surface area contributed by atoms with Crippen molar-refractivity contribution >= 4 is 0 Å². The van der Waals surface area contributed by atoms with E-state index in [1.54, 1.807) is 4.68 Å². The number of hydrogen-bond donors (Lipinski definition) is 0. The van der Waals surface area contributed by atoms with Crippen molar-refractivity contribution < 1.29 is 4.74 Å². The molecule has 0 saturated carbocycles. The van der Waals surface area contributed by atoms with E-state index in [4.69, 9.17) is 4.74 Å². The molecule has 18 heavy (non-hydrogen) atoms. The van der Waals surface area contributed by atoms with Crippen LogP contribution in [0.3, 0.4) is 0 Å². The minimum Gasteiger partial charge on any atom is -0.371 e. The van der Waals surface area contributed by atoms with Crippen molar-refractivity contribution in [3.05, 3.63) is 41.7 Å². The zero-order valence-electron chi connectivity index (χ0n) is 10.1. The molecule has 2 aromatic rings. The first-order chi connectivity index (χ1) is 8.79. The zero-order valence-corrected chi connectivity index (χ0v) is 10.1. The standard InChI is InChI=1S/C14H13N3O/c1-10-14(11-5-3-2-4-6-11)13(7-15)17(16-10)8-12-9-18-12/h2-6,12H,8-9H2,1H3. The van der Waals surface area contributed by atoms with Gasteiger partial charge < -0.3 is 4.74 Å². The number of ether oxygens (including phenoxy) is 1. The summed E-state index contributed by atoms with van der Waals surface area (Å²) in [6, 6.07) is 12.2. The van der Waals surface area contributed by atoms with E-state index in [2.05, 4.69) is 11.2 Å². The molecule has 2 heterocycles. The molecule has 0 aliphatic carbocycles. The topological polar surface area (TPSA) is 54.1 Å². The fourth-order valence-electron chi connectivity index (χ4n) is 2.14. The molecular weight excluding hydrogens is 226 g/mol. The molecule has 1 aromatic carbocycles. The minimum atomic E-state index is 0.222. The Morgan fingerprint density at radius 2 is 2.17 bits per heavy atom. The first kappa shape index (κ1) is 11.0. The minimum absolute atomic E-state index is 0.222. The van der Waals surface area contributed by atoms with Crippen LogP contribution in [0, 0.1) is 18.3 Å². The fraction of sp³-hybridized carbons (Fsp3) is 0.286. The molecular formula is C14H13N3O. The average molecular weight is 239 g/mol. The summed E-state index contributed by atoms with van der Waals surface area (Å²) < 4.78 is 6.96. The summed E-state index contributed by atoms with van der Waals surface area (Å²) >= 11 is 0. The van der Waals surface area contributed by atoms with Crippen molar-refractivity contribution in [2.75, 3.05) is 6.61 Å². The van der Waals surface area contributed by atoms with Crippen LogP contribution in [-0.2, 0) is 11.3 Å². The number of aryl methyl sites for hydroxylation is 1. The van der Waals surface area contributed by atoms with Crippen LogP contribution in [0.5, 0.6) is 0 Å². The Balaban J connectivity index is 2.08. The number of nitriles is 1. The van der Waals surface area contributed by atoms with E-state index in [9.17, 15) is 5.26 Å². The van der Waals surface area contributed by atoms with Gasteiger partial charge in [-0.25, -0.2) is 0 Å². The van der Waals surface area contributed by atoms with Gasteiger partial charge in [0.15, 0.2) is 0 Å². The van der Waals surface area contributed by atoms with Gasteiger partial charge in [0.2, 0.25) is 0 Å². The Kier molecular flexibility index (Phi) is 2.62. The molecule has 90 valence electrons. The largest absolute Gasteiger partial charge is 0.371 e. The molecule has 0 amide bonds. The van der Waals surface area contributed by atoms with Crippen LogP contribution >= 0.6 is 0 Å². The highest BCUT2D eigenvalue weighted by Crippen LogP contribution is 2.27. The number of aromatic nitrogens is 2. The van der Waals surface area contributed by atoms with Crippen LogP contribution in [0.4, 0.5) is 0 Å². The van der Waals surface area contributed by atoms with Crippen LogP contribution in [0.2, 0.25) is 0 Å². The molecule has 1 saturated heterocycles. The van der Waals surface area contributed by atoms with Crippen molar-refractivity contribution in [2.45, 2.75) is 19.6 Å². The Hall–Kier alpha value is -2.12. The van der Waals surface area contributed by atoms with Crippen molar-refractivity contribution in [3.63, 3.8) is 0 Å². The van der Waals surface area contributed by atoms with E-state index in [0.29, 0.717) is 12.2 Å². The second-order valence-electron chi connectivity index (χ2n) is 4.42. The van der Waals surface area contributed by atoms with Gasteiger partial charge in [0.05, 0.1) is 18.8 Å². The summed E-state index contributed by atoms with van der Waals surface area (Å²) in [5.74, 6) is 0. The van der Waals surface area contributed by atoms with Crippen molar-refractivity contribution in [3.8, 4) is 17.2 Å². The van der Waals surface area contributed by atoms with Gasteiger partial charge in [0.25, 0.3) is 0 Å². The number of hydrogen-bond acceptors (Lipinski definition) is 3. The quantitative estimate of drug-likeness (QED) is 0.771. The molecule has 1 aliphatic heterocycles. The van der Waals surface area contributed by atoms with Crippen LogP contribution in [0.1, 0.15) is 11.4 Å². The Labute approximate surface area is 105 Å². The summed E-state index contributed by atoms with van der Waals surface area (Å²) in [6.45, 7) is 3.37. The summed E-state index contributed by atoms with van der Waals surface area (Å²) in [4.78, 5) is 0. The second-order valence-corrected chi connectivity index (χ2v) is 4.42. The molecule has 0 N–H and O–H groups in total. The van der Waals surface area contributed by atoms with Crippen molar-refractivity contribution in [1.29, 1.82) is 5.26 Å². The van der Waals surface area contributed by atoms with E-state index in [1.807, 2.05) is 37.3 Å². The summed E-state index contributed by atoms with van der Waals surface area (Å²) in [7, 11) is 0. The highest BCUT2D eigenvalue weighted by atomic mass is 16.6.